The number of hydrogen-bond acceptors (Lipinski definition) is 2. The maximum absolute atomic E-state index is 13.4. The van der Waals surface area contributed by atoms with Crippen LogP contribution >= 0.6 is 23.7 Å². The molecule has 1 heterocycles. The minimum atomic E-state index is -1.21. The number of halogens is 4. The Morgan fingerprint density at radius 2 is 1.71 bits per heavy atom. The molecule has 0 saturated carbocycles. The highest BCUT2D eigenvalue weighted by atomic mass is 35.5. The van der Waals surface area contributed by atoms with E-state index in [2.05, 4.69) is 0 Å². The van der Waals surface area contributed by atoms with Gasteiger partial charge in [0, 0.05) is 16.5 Å². The second-order valence-corrected chi connectivity index (χ2v) is 4.26. The Morgan fingerprint density at radius 3 is 2.29 bits per heavy atom. The molecular formula is C11H9ClF3NS. The Hall–Kier alpha value is -1.04. The highest BCUT2D eigenvalue weighted by Crippen LogP contribution is 2.26. The van der Waals surface area contributed by atoms with Crippen LogP contribution in [0.1, 0.15) is 16.5 Å². The topological polar surface area (TPSA) is 26.0 Å². The van der Waals surface area contributed by atoms with Crippen molar-refractivity contribution in [2.75, 3.05) is 0 Å². The van der Waals surface area contributed by atoms with Crippen molar-refractivity contribution >= 4 is 23.7 Å². The monoisotopic (exact) mass is 279 g/mol. The van der Waals surface area contributed by atoms with E-state index in [1.54, 1.807) is 17.5 Å². The Morgan fingerprint density at radius 1 is 1.06 bits per heavy atom. The standard InChI is InChI=1S/C11H8F3NS.ClH/c12-7-5-9(14)8(13)4-6(7)11(15)10-2-1-3-16-10;/h1-5,11H,15H2;1H/t11-;/m1./s1. The summed E-state index contributed by atoms with van der Waals surface area (Å²) in [5.74, 6) is -3.14. The van der Waals surface area contributed by atoms with Crippen LogP contribution in [-0.2, 0) is 0 Å². The number of rotatable bonds is 2. The normalized spacial score (nSPS) is 12.0. The molecule has 0 spiro atoms. The van der Waals surface area contributed by atoms with E-state index in [1.165, 1.54) is 11.3 Å². The molecule has 92 valence electrons. The van der Waals surface area contributed by atoms with Gasteiger partial charge in [0.25, 0.3) is 0 Å². The van der Waals surface area contributed by atoms with E-state index < -0.39 is 23.5 Å². The molecule has 0 unspecified atom stereocenters. The molecule has 2 aromatic rings. The third-order valence-corrected chi connectivity index (χ3v) is 3.18. The van der Waals surface area contributed by atoms with Gasteiger partial charge in [0.2, 0.25) is 0 Å². The van der Waals surface area contributed by atoms with Crippen molar-refractivity contribution in [1.82, 2.24) is 0 Å². The van der Waals surface area contributed by atoms with Gasteiger partial charge in [-0.15, -0.1) is 23.7 Å². The van der Waals surface area contributed by atoms with Gasteiger partial charge in [-0.05, 0) is 17.5 Å². The van der Waals surface area contributed by atoms with E-state index in [9.17, 15) is 13.2 Å². The average Bonchev–Trinajstić information content (AvgIpc) is 2.75. The van der Waals surface area contributed by atoms with Crippen LogP contribution in [0, 0.1) is 17.5 Å². The SMILES string of the molecule is Cl.N[C@@H](c1cccs1)c1cc(F)c(F)cc1F. The van der Waals surface area contributed by atoms with Crippen LogP contribution in [-0.4, -0.2) is 0 Å². The number of thiophene rings is 1. The number of nitrogens with two attached hydrogens (primary N) is 1. The number of hydrogen-bond donors (Lipinski definition) is 1. The molecule has 2 rings (SSSR count). The lowest BCUT2D eigenvalue weighted by molar-refractivity contribution is 0.488. The van der Waals surface area contributed by atoms with Crippen molar-refractivity contribution in [3.63, 3.8) is 0 Å². The fraction of sp³-hybridized carbons (Fsp3) is 0.0909. The first-order valence-electron chi connectivity index (χ1n) is 4.53. The highest BCUT2D eigenvalue weighted by Gasteiger charge is 2.17. The summed E-state index contributed by atoms with van der Waals surface area (Å²) in [4.78, 5) is 0.699. The third kappa shape index (κ3) is 2.80. The zero-order valence-electron chi connectivity index (χ0n) is 8.49. The quantitative estimate of drug-likeness (QED) is 0.835. The van der Waals surface area contributed by atoms with E-state index in [1.807, 2.05) is 0 Å². The molecule has 2 N–H and O–H groups in total. The fourth-order valence-corrected chi connectivity index (χ4v) is 2.14. The minimum absolute atomic E-state index is 0. The molecule has 6 heteroatoms. The van der Waals surface area contributed by atoms with Crippen molar-refractivity contribution in [2.24, 2.45) is 5.73 Å². The molecule has 0 saturated heterocycles. The molecule has 0 aliphatic rings. The molecule has 1 aromatic heterocycles. The Balaban J connectivity index is 0.00000144. The van der Waals surface area contributed by atoms with Crippen LogP contribution in [0.15, 0.2) is 29.6 Å². The van der Waals surface area contributed by atoms with E-state index in [0.29, 0.717) is 10.9 Å². The van der Waals surface area contributed by atoms with Gasteiger partial charge >= 0.3 is 0 Å². The minimum Gasteiger partial charge on any atom is -0.320 e. The van der Waals surface area contributed by atoms with Crippen LogP contribution in [0.3, 0.4) is 0 Å². The summed E-state index contributed by atoms with van der Waals surface area (Å²) in [7, 11) is 0. The summed E-state index contributed by atoms with van der Waals surface area (Å²) in [5.41, 5.74) is 5.72. The smallest absolute Gasteiger partial charge is 0.161 e. The molecule has 1 atom stereocenters. The molecule has 17 heavy (non-hydrogen) atoms. The molecule has 0 amide bonds. The third-order valence-electron chi connectivity index (χ3n) is 2.22. The Labute approximate surface area is 106 Å². The fourth-order valence-electron chi connectivity index (χ4n) is 1.40. The molecule has 0 radical (unpaired) electrons. The summed E-state index contributed by atoms with van der Waals surface area (Å²) >= 11 is 1.34. The average molecular weight is 280 g/mol. The van der Waals surface area contributed by atoms with Gasteiger partial charge < -0.3 is 5.73 Å². The largest absolute Gasteiger partial charge is 0.320 e. The molecule has 1 aromatic carbocycles. The van der Waals surface area contributed by atoms with Crippen LogP contribution < -0.4 is 5.73 Å². The van der Waals surface area contributed by atoms with Gasteiger partial charge in [0.05, 0.1) is 6.04 Å². The zero-order valence-corrected chi connectivity index (χ0v) is 10.1. The van der Waals surface area contributed by atoms with Gasteiger partial charge in [0.15, 0.2) is 11.6 Å². The molecule has 0 aliphatic heterocycles. The number of benzene rings is 1. The second kappa shape index (κ2) is 5.53. The van der Waals surface area contributed by atoms with Crippen molar-refractivity contribution in [2.45, 2.75) is 6.04 Å². The van der Waals surface area contributed by atoms with Crippen molar-refractivity contribution in [1.29, 1.82) is 0 Å². The predicted octanol–water partition coefficient (Wildman–Crippen LogP) is 3.64. The second-order valence-electron chi connectivity index (χ2n) is 3.28. The van der Waals surface area contributed by atoms with Crippen LogP contribution in [0.2, 0.25) is 0 Å². The van der Waals surface area contributed by atoms with Gasteiger partial charge in [-0.25, -0.2) is 13.2 Å². The first kappa shape index (κ1) is 14.0. The summed E-state index contributed by atoms with van der Waals surface area (Å²) in [6.07, 6.45) is 0. The van der Waals surface area contributed by atoms with Crippen molar-refractivity contribution in [3.05, 3.63) is 57.5 Å². The zero-order chi connectivity index (χ0) is 11.7. The van der Waals surface area contributed by atoms with Gasteiger partial charge in [-0.1, -0.05) is 6.07 Å². The molecular weight excluding hydrogens is 271 g/mol. The van der Waals surface area contributed by atoms with E-state index in [0.717, 1.165) is 6.07 Å². The lowest BCUT2D eigenvalue weighted by Gasteiger charge is -2.11. The molecule has 0 bridgehead atoms. The van der Waals surface area contributed by atoms with Gasteiger partial charge in [0.1, 0.15) is 5.82 Å². The molecule has 0 fully saturated rings. The first-order valence-corrected chi connectivity index (χ1v) is 5.41. The molecule has 1 nitrogen and oxygen atoms in total. The van der Waals surface area contributed by atoms with Gasteiger partial charge in [-0.3, -0.25) is 0 Å². The highest BCUT2D eigenvalue weighted by molar-refractivity contribution is 7.10. The van der Waals surface area contributed by atoms with E-state index in [-0.39, 0.29) is 18.0 Å². The van der Waals surface area contributed by atoms with Crippen LogP contribution in [0.25, 0.3) is 0 Å². The lowest BCUT2D eigenvalue weighted by atomic mass is 10.1. The van der Waals surface area contributed by atoms with E-state index >= 15 is 0 Å². The Bertz CT molecular complexity index is 502. The van der Waals surface area contributed by atoms with Crippen LogP contribution in [0.4, 0.5) is 13.2 Å². The summed E-state index contributed by atoms with van der Waals surface area (Å²) in [5, 5.41) is 1.78. The molecule has 0 aliphatic carbocycles. The summed E-state index contributed by atoms with van der Waals surface area (Å²) < 4.78 is 39.1. The lowest BCUT2D eigenvalue weighted by Crippen LogP contribution is -2.13. The predicted molar refractivity (Wildman–Crippen MR) is 63.9 cm³/mol. The van der Waals surface area contributed by atoms with E-state index in [4.69, 9.17) is 5.73 Å². The van der Waals surface area contributed by atoms with Crippen molar-refractivity contribution < 1.29 is 13.2 Å². The maximum Gasteiger partial charge on any atom is 0.161 e. The first-order chi connectivity index (χ1) is 7.59. The summed E-state index contributed by atoms with van der Waals surface area (Å²) in [6, 6.07) is 4.02. The van der Waals surface area contributed by atoms with Gasteiger partial charge in [-0.2, -0.15) is 0 Å². The maximum atomic E-state index is 13.4. The summed E-state index contributed by atoms with van der Waals surface area (Å²) in [6.45, 7) is 0. The Kier molecular flexibility index (Phi) is 4.56. The van der Waals surface area contributed by atoms with Crippen molar-refractivity contribution in [3.8, 4) is 0 Å². The van der Waals surface area contributed by atoms with Crippen LogP contribution in [0.5, 0.6) is 0 Å².